The number of benzene rings is 2. The molecule has 0 spiro atoms. The van der Waals surface area contributed by atoms with Crippen LogP contribution in [0, 0.1) is 0 Å². The quantitative estimate of drug-likeness (QED) is 0.537. The van der Waals surface area contributed by atoms with E-state index in [-0.39, 0.29) is 17.8 Å². The molecule has 0 aliphatic carbocycles. The summed E-state index contributed by atoms with van der Waals surface area (Å²) in [5.41, 5.74) is 4.57. The van der Waals surface area contributed by atoms with E-state index in [1.165, 1.54) is 16.3 Å². The monoisotopic (exact) mass is 381 g/mol. The van der Waals surface area contributed by atoms with Gasteiger partial charge in [0.25, 0.3) is 11.8 Å². The molecule has 27 heavy (non-hydrogen) atoms. The second kappa shape index (κ2) is 6.45. The van der Waals surface area contributed by atoms with Crippen LogP contribution in [-0.4, -0.2) is 41.9 Å². The van der Waals surface area contributed by atoms with Gasteiger partial charge in [-0.25, -0.2) is 19.7 Å². The molecule has 8 nitrogen and oxygen atoms in total. The first-order valence-electron chi connectivity index (χ1n) is 8.07. The van der Waals surface area contributed by atoms with E-state index in [1.54, 1.807) is 56.6 Å². The van der Waals surface area contributed by atoms with Gasteiger partial charge in [0.15, 0.2) is 0 Å². The molecule has 1 aromatic heterocycles. The van der Waals surface area contributed by atoms with E-state index in [0.29, 0.717) is 27.5 Å². The zero-order valence-corrected chi connectivity index (χ0v) is 15.3. The van der Waals surface area contributed by atoms with Crippen LogP contribution in [0.15, 0.2) is 42.5 Å². The number of urea groups is 1. The van der Waals surface area contributed by atoms with E-state index in [4.69, 9.17) is 0 Å². The van der Waals surface area contributed by atoms with E-state index < -0.39 is 0 Å². The Hall–Kier alpha value is -3.30. The maximum absolute atomic E-state index is 12.6. The minimum atomic E-state index is -0.377. The first kappa shape index (κ1) is 17.1. The molecule has 136 valence electrons. The number of carbonyl (C=O) groups excluding carboxylic acids is 3. The van der Waals surface area contributed by atoms with Crippen LogP contribution in [0.25, 0.3) is 10.2 Å². The first-order valence-corrected chi connectivity index (χ1v) is 8.89. The maximum Gasteiger partial charge on any atom is 0.333 e. The summed E-state index contributed by atoms with van der Waals surface area (Å²) < 4.78 is 0.754. The van der Waals surface area contributed by atoms with Crippen molar-refractivity contribution in [2.45, 2.75) is 0 Å². The fourth-order valence-corrected chi connectivity index (χ4v) is 3.81. The third-order valence-corrected chi connectivity index (χ3v) is 4.95. The van der Waals surface area contributed by atoms with Crippen molar-refractivity contribution >= 4 is 50.2 Å². The van der Waals surface area contributed by atoms with Crippen LogP contribution in [0.2, 0.25) is 0 Å². The zero-order valence-electron chi connectivity index (χ0n) is 14.5. The first-order chi connectivity index (χ1) is 12.9. The lowest BCUT2D eigenvalue weighted by Crippen LogP contribution is -2.39. The SMILES string of the molecule is CN(C)NC(=O)Nc1ccc2nc(N3C(=O)c4ccccc4C3=O)sc2c1. The van der Waals surface area contributed by atoms with Gasteiger partial charge < -0.3 is 5.32 Å². The molecule has 0 fully saturated rings. The third kappa shape index (κ3) is 3.03. The highest BCUT2D eigenvalue weighted by Gasteiger charge is 2.38. The smallest absolute Gasteiger partial charge is 0.307 e. The van der Waals surface area contributed by atoms with E-state index in [9.17, 15) is 14.4 Å². The molecule has 9 heteroatoms. The minimum Gasteiger partial charge on any atom is -0.307 e. The van der Waals surface area contributed by atoms with Gasteiger partial charge in [0.05, 0.1) is 21.3 Å². The lowest BCUT2D eigenvalue weighted by Gasteiger charge is -2.12. The fraction of sp³-hybridized carbons (Fsp3) is 0.111. The average Bonchev–Trinajstić information content (AvgIpc) is 3.13. The summed E-state index contributed by atoms with van der Waals surface area (Å²) in [5, 5.41) is 4.56. The molecular formula is C18H15N5O3S. The standard InChI is InChI=1S/C18H15N5O3S/c1-22(2)21-17(26)19-10-7-8-13-14(9-10)27-18(20-13)23-15(24)11-5-3-4-6-12(11)16(23)25/h3-9H,1-2H3,(H2,19,21,26). The maximum atomic E-state index is 12.6. The number of carbonyl (C=O) groups is 3. The zero-order chi connectivity index (χ0) is 19.1. The summed E-state index contributed by atoms with van der Waals surface area (Å²) in [6.45, 7) is 0. The van der Waals surface area contributed by atoms with E-state index >= 15 is 0 Å². The largest absolute Gasteiger partial charge is 0.333 e. The Labute approximate surface area is 158 Å². The van der Waals surface area contributed by atoms with Crippen LogP contribution in [-0.2, 0) is 0 Å². The fourth-order valence-electron chi connectivity index (χ4n) is 2.81. The van der Waals surface area contributed by atoms with Gasteiger partial charge in [0.1, 0.15) is 0 Å². The molecule has 4 amide bonds. The number of thiazole rings is 1. The second-order valence-electron chi connectivity index (χ2n) is 6.13. The molecule has 0 unspecified atom stereocenters. The minimum absolute atomic E-state index is 0.311. The molecule has 4 rings (SSSR count). The van der Waals surface area contributed by atoms with E-state index in [0.717, 1.165) is 9.60 Å². The Kier molecular flexibility index (Phi) is 4.09. The molecule has 1 aliphatic heterocycles. The molecule has 2 N–H and O–H groups in total. The van der Waals surface area contributed by atoms with Crippen molar-refractivity contribution in [1.82, 2.24) is 15.4 Å². The molecule has 1 aliphatic rings. The molecule has 2 heterocycles. The van der Waals surface area contributed by atoms with Crippen LogP contribution in [0.5, 0.6) is 0 Å². The predicted octanol–water partition coefficient (Wildman–Crippen LogP) is 2.70. The molecule has 3 aromatic rings. The van der Waals surface area contributed by atoms with Crippen molar-refractivity contribution in [2.24, 2.45) is 0 Å². The summed E-state index contributed by atoms with van der Waals surface area (Å²) in [7, 11) is 3.42. The summed E-state index contributed by atoms with van der Waals surface area (Å²) >= 11 is 1.22. The van der Waals surface area contributed by atoms with Gasteiger partial charge in [0, 0.05) is 19.8 Å². The van der Waals surface area contributed by atoms with Crippen molar-refractivity contribution in [2.75, 3.05) is 24.3 Å². The van der Waals surface area contributed by atoms with Gasteiger partial charge in [-0.05, 0) is 30.3 Å². The number of imide groups is 1. The number of hydrogen-bond acceptors (Lipinski definition) is 6. The van der Waals surface area contributed by atoms with Gasteiger partial charge in [-0.15, -0.1) is 0 Å². The van der Waals surface area contributed by atoms with Crippen molar-refractivity contribution in [3.05, 3.63) is 53.6 Å². The summed E-state index contributed by atoms with van der Waals surface area (Å²) in [6.07, 6.45) is 0. The Balaban J connectivity index is 1.64. The van der Waals surface area contributed by atoms with Crippen LogP contribution < -0.4 is 15.6 Å². The number of hydrazine groups is 1. The Bertz CT molecular complexity index is 1060. The number of amides is 4. The summed E-state index contributed by atoms with van der Waals surface area (Å²) in [5.74, 6) is -0.753. The number of aromatic nitrogens is 1. The highest BCUT2D eigenvalue weighted by atomic mass is 32.1. The lowest BCUT2D eigenvalue weighted by atomic mass is 10.1. The average molecular weight is 381 g/mol. The van der Waals surface area contributed by atoms with Gasteiger partial charge in [-0.2, -0.15) is 0 Å². The summed E-state index contributed by atoms with van der Waals surface area (Å²) in [6, 6.07) is 11.5. The third-order valence-electron chi connectivity index (χ3n) is 3.95. The highest BCUT2D eigenvalue weighted by Crippen LogP contribution is 2.35. The highest BCUT2D eigenvalue weighted by molar-refractivity contribution is 7.22. The number of anilines is 2. The van der Waals surface area contributed by atoms with Crippen molar-refractivity contribution in [3.63, 3.8) is 0 Å². The molecule has 0 bridgehead atoms. The number of fused-ring (bicyclic) bond motifs is 2. The lowest BCUT2D eigenvalue weighted by molar-refractivity contribution is 0.0926. The predicted molar refractivity (Wildman–Crippen MR) is 103 cm³/mol. The molecule has 0 saturated heterocycles. The van der Waals surface area contributed by atoms with Crippen molar-refractivity contribution in [3.8, 4) is 0 Å². The Morgan fingerprint density at radius 1 is 1.07 bits per heavy atom. The van der Waals surface area contributed by atoms with Crippen LogP contribution in [0.1, 0.15) is 20.7 Å². The number of hydrogen-bond donors (Lipinski definition) is 2. The van der Waals surface area contributed by atoms with Gasteiger partial charge in [-0.3, -0.25) is 15.0 Å². The van der Waals surface area contributed by atoms with E-state index in [1.807, 2.05) is 0 Å². The van der Waals surface area contributed by atoms with Crippen LogP contribution >= 0.6 is 11.3 Å². The Morgan fingerprint density at radius 2 is 1.74 bits per heavy atom. The van der Waals surface area contributed by atoms with Gasteiger partial charge in [-0.1, -0.05) is 23.5 Å². The van der Waals surface area contributed by atoms with E-state index in [2.05, 4.69) is 15.7 Å². The van der Waals surface area contributed by atoms with Crippen molar-refractivity contribution < 1.29 is 14.4 Å². The molecule has 0 radical (unpaired) electrons. The van der Waals surface area contributed by atoms with Crippen molar-refractivity contribution in [1.29, 1.82) is 0 Å². The number of rotatable bonds is 3. The van der Waals surface area contributed by atoms with Crippen LogP contribution in [0.4, 0.5) is 15.6 Å². The summed E-state index contributed by atoms with van der Waals surface area (Å²) in [4.78, 5) is 42.5. The van der Waals surface area contributed by atoms with Gasteiger partial charge in [0.2, 0.25) is 5.13 Å². The molecular weight excluding hydrogens is 366 g/mol. The number of nitrogens with one attached hydrogen (secondary N) is 2. The molecule has 0 saturated carbocycles. The van der Waals surface area contributed by atoms with Gasteiger partial charge >= 0.3 is 6.03 Å². The molecule has 2 aromatic carbocycles. The Morgan fingerprint density at radius 3 is 2.37 bits per heavy atom. The second-order valence-corrected chi connectivity index (χ2v) is 7.14. The molecule has 0 atom stereocenters. The number of nitrogens with zero attached hydrogens (tertiary/aromatic N) is 3. The van der Waals surface area contributed by atoms with Crippen LogP contribution in [0.3, 0.4) is 0 Å². The normalized spacial score (nSPS) is 13.4. The topological polar surface area (TPSA) is 94.6 Å².